The molecule has 2 aromatic rings. The first-order valence-corrected chi connectivity index (χ1v) is 4.92. The molecule has 0 N–H and O–H groups in total. The molecule has 0 aliphatic carbocycles. The highest BCUT2D eigenvalue weighted by atomic mass is 35.5. The zero-order valence-corrected chi connectivity index (χ0v) is 8.69. The maximum absolute atomic E-state index is 12.8. The Morgan fingerprint density at radius 1 is 1.38 bits per heavy atom. The van der Waals surface area contributed by atoms with Gasteiger partial charge in [0, 0.05) is 6.07 Å². The van der Waals surface area contributed by atoms with Crippen LogP contribution in [0.2, 0.25) is 5.15 Å². The topological polar surface area (TPSA) is 46.3 Å². The molecule has 0 aromatic carbocycles. The third-order valence-corrected chi connectivity index (χ3v) is 2.54. The van der Waals surface area contributed by atoms with E-state index in [1.54, 1.807) is 0 Å². The van der Waals surface area contributed by atoms with Gasteiger partial charge in [-0.2, -0.15) is 9.61 Å². The van der Waals surface area contributed by atoms with Crippen molar-refractivity contribution < 1.29 is 8.78 Å². The molecule has 1 fully saturated rings. The van der Waals surface area contributed by atoms with E-state index in [0.717, 1.165) is 0 Å². The Morgan fingerprint density at radius 2 is 2.12 bits per heavy atom. The Labute approximate surface area is 93.7 Å². The van der Waals surface area contributed by atoms with Crippen molar-refractivity contribution in [2.75, 3.05) is 18.0 Å². The molecule has 1 aliphatic rings. The summed E-state index contributed by atoms with van der Waals surface area (Å²) in [7, 11) is 0. The van der Waals surface area contributed by atoms with Crippen LogP contribution in [-0.2, 0) is 0 Å². The maximum Gasteiger partial charge on any atom is 0.282 e. The van der Waals surface area contributed by atoms with Gasteiger partial charge in [-0.15, -0.1) is 0 Å². The average Bonchev–Trinajstić information content (AvgIpc) is 2.60. The zero-order chi connectivity index (χ0) is 11.3. The van der Waals surface area contributed by atoms with Crippen molar-refractivity contribution in [3.05, 3.63) is 17.5 Å². The molecule has 0 saturated carbocycles. The molecule has 0 spiro atoms. The molecule has 1 saturated heterocycles. The van der Waals surface area contributed by atoms with E-state index in [4.69, 9.17) is 11.6 Å². The molecule has 3 heterocycles. The summed E-state index contributed by atoms with van der Waals surface area (Å²) < 4.78 is 26.9. The number of halogens is 3. The molecule has 84 valence electrons. The van der Waals surface area contributed by atoms with Gasteiger partial charge >= 0.3 is 0 Å². The van der Waals surface area contributed by atoms with E-state index < -0.39 is 5.92 Å². The number of alkyl halides is 2. The molecule has 16 heavy (non-hydrogen) atoms. The van der Waals surface area contributed by atoms with Gasteiger partial charge in [0.2, 0.25) is 5.95 Å². The zero-order valence-electron chi connectivity index (χ0n) is 7.94. The lowest BCUT2D eigenvalue weighted by atomic mass is 10.2. The molecule has 8 heteroatoms. The molecule has 0 atom stereocenters. The maximum atomic E-state index is 12.8. The molecule has 0 bridgehead atoms. The van der Waals surface area contributed by atoms with E-state index in [1.165, 1.54) is 21.8 Å². The van der Waals surface area contributed by atoms with E-state index in [1.807, 2.05) is 0 Å². The van der Waals surface area contributed by atoms with Crippen molar-refractivity contribution in [3.8, 4) is 0 Å². The van der Waals surface area contributed by atoms with Crippen LogP contribution in [0.5, 0.6) is 0 Å². The smallest absolute Gasteiger partial charge is 0.282 e. The molecular formula is C8H6ClF2N5. The summed E-state index contributed by atoms with van der Waals surface area (Å²) in [6.07, 6.45) is 1.33. The number of rotatable bonds is 1. The number of anilines is 1. The molecule has 0 radical (unpaired) electrons. The van der Waals surface area contributed by atoms with Crippen LogP contribution in [0.1, 0.15) is 0 Å². The fraction of sp³-hybridized carbons (Fsp3) is 0.375. The standard InChI is InChI=1S/C8H6ClF2N5/c9-5-1-6-12-4-13-16(6)7(14-5)15-2-8(10,11)3-15/h1,4H,2-3H2. The first-order valence-electron chi connectivity index (χ1n) is 4.54. The van der Waals surface area contributed by atoms with Gasteiger partial charge in [0.05, 0.1) is 13.1 Å². The van der Waals surface area contributed by atoms with Crippen molar-refractivity contribution in [1.29, 1.82) is 0 Å². The fourth-order valence-electron chi connectivity index (χ4n) is 1.64. The highest BCUT2D eigenvalue weighted by molar-refractivity contribution is 6.29. The molecule has 0 unspecified atom stereocenters. The van der Waals surface area contributed by atoms with Gasteiger partial charge in [0.25, 0.3) is 5.92 Å². The SMILES string of the molecule is FC1(F)CN(c2nc(Cl)cc3ncnn23)C1. The van der Waals surface area contributed by atoms with Crippen molar-refractivity contribution in [2.45, 2.75) is 5.92 Å². The van der Waals surface area contributed by atoms with Gasteiger partial charge in [0.15, 0.2) is 5.65 Å². The van der Waals surface area contributed by atoms with E-state index in [0.29, 0.717) is 11.6 Å². The van der Waals surface area contributed by atoms with Gasteiger partial charge in [-0.1, -0.05) is 11.6 Å². The molecule has 5 nitrogen and oxygen atoms in total. The Morgan fingerprint density at radius 3 is 2.81 bits per heavy atom. The highest BCUT2D eigenvalue weighted by Crippen LogP contribution is 2.31. The summed E-state index contributed by atoms with van der Waals surface area (Å²) >= 11 is 5.77. The van der Waals surface area contributed by atoms with Crippen LogP contribution < -0.4 is 4.90 Å². The van der Waals surface area contributed by atoms with E-state index in [2.05, 4.69) is 15.1 Å². The van der Waals surface area contributed by atoms with Gasteiger partial charge in [-0.05, 0) is 0 Å². The lowest BCUT2D eigenvalue weighted by Gasteiger charge is -2.39. The summed E-state index contributed by atoms with van der Waals surface area (Å²) in [5, 5.41) is 4.12. The van der Waals surface area contributed by atoms with Crippen LogP contribution in [0.3, 0.4) is 0 Å². The molecule has 3 rings (SSSR count). The molecule has 1 aliphatic heterocycles. The summed E-state index contributed by atoms with van der Waals surface area (Å²) in [5.41, 5.74) is 0.491. The van der Waals surface area contributed by atoms with E-state index in [9.17, 15) is 8.78 Å². The second-order valence-corrected chi connectivity index (χ2v) is 4.01. The summed E-state index contributed by atoms with van der Waals surface area (Å²) in [4.78, 5) is 9.32. The number of nitrogens with zero attached hydrogens (tertiary/aromatic N) is 5. The Kier molecular flexibility index (Phi) is 1.82. The number of hydrogen-bond donors (Lipinski definition) is 0. The van der Waals surface area contributed by atoms with Gasteiger partial charge < -0.3 is 4.90 Å². The fourth-order valence-corrected chi connectivity index (χ4v) is 1.82. The number of fused-ring (bicyclic) bond motifs is 1. The van der Waals surface area contributed by atoms with Crippen molar-refractivity contribution in [1.82, 2.24) is 19.6 Å². The van der Waals surface area contributed by atoms with Crippen LogP contribution in [-0.4, -0.2) is 38.6 Å². The van der Waals surface area contributed by atoms with Crippen LogP contribution in [0.4, 0.5) is 14.7 Å². The monoisotopic (exact) mass is 245 g/mol. The van der Waals surface area contributed by atoms with Crippen LogP contribution in [0.25, 0.3) is 5.65 Å². The van der Waals surface area contributed by atoms with Crippen LogP contribution in [0.15, 0.2) is 12.4 Å². The Bertz CT molecular complexity index is 546. The van der Waals surface area contributed by atoms with Gasteiger partial charge in [0.1, 0.15) is 11.5 Å². The van der Waals surface area contributed by atoms with E-state index in [-0.39, 0.29) is 18.2 Å². The number of hydrogen-bond acceptors (Lipinski definition) is 4. The number of aromatic nitrogens is 4. The molecule has 0 amide bonds. The first kappa shape index (κ1) is 9.71. The second-order valence-electron chi connectivity index (χ2n) is 3.62. The predicted octanol–water partition coefficient (Wildman–Crippen LogP) is 1.23. The Hall–Kier alpha value is -1.50. The largest absolute Gasteiger partial charge is 0.328 e. The lowest BCUT2D eigenvalue weighted by molar-refractivity contribution is -0.0273. The minimum absolute atomic E-state index is 0.214. The van der Waals surface area contributed by atoms with Crippen LogP contribution >= 0.6 is 11.6 Å². The summed E-state index contributed by atoms with van der Waals surface area (Å²) in [5.74, 6) is -2.36. The summed E-state index contributed by atoms with van der Waals surface area (Å²) in [6, 6.07) is 1.52. The minimum Gasteiger partial charge on any atom is -0.328 e. The third kappa shape index (κ3) is 1.39. The molecule has 2 aromatic heterocycles. The van der Waals surface area contributed by atoms with Crippen molar-refractivity contribution in [3.63, 3.8) is 0 Å². The van der Waals surface area contributed by atoms with Gasteiger partial charge in [-0.25, -0.2) is 18.7 Å². The van der Waals surface area contributed by atoms with E-state index >= 15 is 0 Å². The summed E-state index contributed by atoms with van der Waals surface area (Å²) in [6.45, 7) is -0.732. The first-order chi connectivity index (χ1) is 7.55. The van der Waals surface area contributed by atoms with Crippen LogP contribution in [0, 0.1) is 0 Å². The molecular weight excluding hydrogens is 240 g/mol. The van der Waals surface area contributed by atoms with Crippen molar-refractivity contribution in [2.24, 2.45) is 0 Å². The Balaban J connectivity index is 2.06. The quantitative estimate of drug-likeness (QED) is 0.709. The average molecular weight is 246 g/mol. The third-order valence-electron chi connectivity index (χ3n) is 2.35. The highest BCUT2D eigenvalue weighted by Gasteiger charge is 2.45. The second kappa shape index (κ2) is 3.00. The minimum atomic E-state index is -2.66. The normalized spacial score (nSPS) is 18.8. The predicted molar refractivity (Wildman–Crippen MR) is 53.0 cm³/mol. The lowest BCUT2D eigenvalue weighted by Crippen LogP contribution is -2.57. The van der Waals surface area contributed by atoms with Crippen molar-refractivity contribution >= 4 is 23.2 Å². The van der Waals surface area contributed by atoms with Gasteiger partial charge in [-0.3, -0.25) is 0 Å².